The molecule has 0 heterocycles. The number of carbonyl (C=O) groups is 1. The van der Waals surface area contributed by atoms with E-state index >= 15 is 0 Å². The molecule has 0 spiro atoms. The zero-order valence-corrected chi connectivity index (χ0v) is 6.34. The summed E-state index contributed by atoms with van der Waals surface area (Å²) in [4.78, 5) is 10.4. The van der Waals surface area contributed by atoms with Crippen molar-refractivity contribution in [3.8, 4) is 0 Å². The molecule has 0 aliphatic carbocycles. The molecule has 0 bridgehead atoms. The minimum atomic E-state index is -0.302. The molecule has 0 unspecified atom stereocenters. The molecule has 0 fully saturated rings. The molecule has 60 valence electrons. The summed E-state index contributed by atoms with van der Waals surface area (Å²) in [6, 6.07) is 0. The predicted octanol–water partition coefficient (Wildman–Crippen LogP) is -0.754. The zero-order valence-electron chi connectivity index (χ0n) is 6.34. The summed E-state index contributed by atoms with van der Waals surface area (Å²) in [7, 11) is 0. The van der Waals surface area contributed by atoms with E-state index in [-0.39, 0.29) is 5.91 Å². The molecule has 1 amide bonds. The van der Waals surface area contributed by atoms with Crippen LogP contribution in [0.4, 0.5) is 0 Å². The third-order valence-corrected chi connectivity index (χ3v) is 1.23. The summed E-state index contributed by atoms with van der Waals surface area (Å²) in [6.07, 6.45) is 1.77. The van der Waals surface area contributed by atoms with E-state index in [1.54, 1.807) is 0 Å². The SMILES string of the molecule is CC(=O)N(O)CCCC[NH3+]. The van der Waals surface area contributed by atoms with E-state index in [4.69, 9.17) is 5.21 Å². The van der Waals surface area contributed by atoms with Crippen LogP contribution >= 0.6 is 0 Å². The van der Waals surface area contributed by atoms with E-state index in [2.05, 4.69) is 5.73 Å². The van der Waals surface area contributed by atoms with Gasteiger partial charge in [0, 0.05) is 13.5 Å². The monoisotopic (exact) mass is 147 g/mol. The summed E-state index contributed by atoms with van der Waals surface area (Å²) in [5, 5.41) is 9.55. The molecular formula is C6H15N2O2+. The van der Waals surface area contributed by atoms with Gasteiger partial charge in [0.2, 0.25) is 5.91 Å². The molecule has 0 aliphatic rings. The molecule has 4 heteroatoms. The fourth-order valence-corrected chi connectivity index (χ4v) is 0.596. The van der Waals surface area contributed by atoms with Gasteiger partial charge in [0.1, 0.15) is 0 Å². The van der Waals surface area contributed by atoms with Crippen LogP contribution in [0.1, 0.15) is 19.8 Å². The fourth-order valence-electron chi connectivity index (χ4n) is 0.596. The Morgan fingerprint density at radius 1 is 1.60 bits per heavy atom. The summed E-state index contributed by atoms with van der Waals surface area (Å²) in [5.74, 6) is -0.302. The van der Waals surface area contributed by atoms with Crippen molar-refractivity contribution in [2.45, 2.75) is 19.8 Å². The normalized spacial score (nSPS) is 9.50. The van der Waals surface area contributed by atoms with Gasteiger partial charge < -0.3 is 5.73 Å². The van der Waals surface area contributed by atoms with Crippen LogP contribution in [0, 0.1) is 0 Å². The second-order valence-corrected chi connectivity index (χ2v) is 2.20. The zero-order chi connectivity index (χ0) is 7.98. The third-order valence-electron chi connectivity index (χ3n) is 1.23. The molecular weight excluding hydrogens is 132 g/mol. The van der Waals surface area contributed by atoms with E-state index in [9.17, 15) is 4.79 Å². The second kappa shape index (κ2) is 5.20. The number of unbranched alkanes of at least 4 members (excludes halogenated alkanes) is 1. The number of hydrogen-bond acceptors (Lipinski definition) is 2. The molecule has 0 radical (unpaired) electrons. The molecule has 0 rings (SSSR count). The molecule has 0 aromatic carbocycles. The van der Waals surface area contributed by atoms with Crippen LogP contribution in [0.3, 0.4) is 0 Å². The number of nitrogens with zero attached hydrogens (tertiary/aromatic N) is 1. The van der Waals surface area contributed by atoms with Gasteiger partial charge in [-0.15, -0.1) is 0 Å². The number of amides is 1. The Labute approximate surface area is 60.6 Å². The lowest BCUT2D eigenvalue weighted by molar-refractivity contribution is -0.368. The maximum absolute atomic E-state index is 10.4. The Bertz CT molecular complexity index is 106. The van der Waals surface area contributed by atoms with Crippen molar-refractivity contribution in [2.24, 2.45) is 0 Å². The standard InChI is InChI=1S/C6H14N2O2/c1-6(9)8(10)5-3-2-4-7/h10H,2-5,7H2,1H3/p+1. The van der Waals surface area contributed by atoms with Gasteiger partial charge in [-0.2, -0.15) is 0 Å². The van der Waals surface area contributed by atoms with Crippen molar-refractivity contribution in [1.29, 1.82) is 0 Å². The van der Waals surface area contributed by atoms with E-state index in [1.807, 2.05) is 0 Å². The van der Waals surface area contributed by atoms with Gasteiger partial charge in [-0.25, -0.2) is 5.06 Å². The van der Waals surface area contributed by atoms with Crippen molar-refractivity contribution in [1.82, 2.24) is 5.06 Å². The minimum Gasteiger partial charge on any atom is -0.358 e. The van der Waals surface area contributed by atoms with Crippen molar-refractivity contribution in [2.75, 3.05) is 13.1 Å². The number of rotatable bonds is 4. The van der Waals surface area contributed by atoms with Gasteiger partial charge in [-0.05, 0) is 12.8 Å². The maximum atomic E-state index is 10.4. The van der Waals surface area contributed by atoms with E-state index in [0.29, 0.717) is 6.54 Å². The first kappa shape index (κ1) is 9.39. The fraction of sp³-hybridized carbons (Fsp3) is 0.833. The van der Waals surface area contributed by atoms with Crippen molar-refractivity contribution in [3.63, 3.8) is 0 Å². The topological polar surface area (TPSA) is 68.2 Å². The lowest BCUT2D eigenvalue weighted by atomic mass is 10.3. The van der Waals surface area contributed by atoms with Gasteiger partial charge in [-0.3, -0.25) is 10.0 Å². The molecule has 10 heavy (non-hydrogen) atoms. The van der Waals surface area contributed by atoms with Crippen LogP contribution in [0.25, 0.3) is 0 Å². The largest absolute Gasteiger partial charge is 0.358 e. The Balaban J connectivity index is 3.21. The van der Waals surface area contributed by atoms with Crippen LogP contribution in [-0.4, -0.2) is 29.3 Å². The summed E-state index contributed by atoms with van der Waals surface area (Å²) in [5.41, 5.74) is 3.64. The van der Waals surface area contributed by atoms with Crippen LogP contribution in [-0.2, 0) is 4.79 Å². The number of carbonyl (C=O) groups excluding carboxylic acids is 1. The lowest BCUT2D eigenvalue weighted by Crippen LogP contribution is -2.50. The average Bonchev–Trinajstić information content (AvgIpc) is 1.88. The minimum absolute atomic E-state index is 0.302. The Morgan fingerprint density at radius 3 is 2.60 bits per heavy atom. The molecule has 0 saturated heterocycles. The molecule has 0 saturated carbocycles. The lowest BCUT2D eigenvalue weighted by Gasteiger charge is -2.10. The Morgan fingerprint density at radius 2 is 2.20 bits per heavy atom. The smallest absolute Gasteiger partial charge is 0.242 e. The van der Waals surface area contributed by atoms with E-state index in [1.165, 1.54) is 6.92 Å². The molecule has 4 nitrogen and oxygen atoms in total. The highest BCUT2D eigenvalue weighted by Gasteiger charge is 2.01. The summed E-state index contributed by atoms with van der Waals surface area (Å²) >= 11 is 0. The van der Waals surface area contributed by atoms with Crippen molar-refractivity contribution >= 4 is 5.91 Å². The Hall–Kier alpha value is -0.610. The number of quaternary nitrogens is 1. The highest BCUT2D eigenvalue weighted by Crippen LogP contribution is 1.89. The van der Waals surface area contributed by atoms with Crippen LogP contribution < -0.4 is 5.73 Å². The van der Waals surface area contributed by atoms with Gasteiger partial charge in [0.05, 0.1) is 6.54 Å². The predicted molar refractivity (Wildman–Crippen MR) is 36.2 cm³/mol. The van der Waals surface area contributed by atoms with Crippen molar-refractivity contribution in [3.05, 3.63) is 0 Å². The maximum Gasteiger partial charge on any atom is 0.242 e. The van der Waals surface area contributed by atoms with Gasteiger partial charge >= 0.3 is 0 Å². The number of hydroxylamine groups is 2. The van der Waals surface area contributed by atoms with Crippen LogP contribution in [0.2, 0.25) is 0 Å². The van der Waals surface area contributed by atoms with E-state index in [0.717, 1.165) is 24.4 Å². The van der Waals surface area contributed by atoms with E-state index < -0.39 is 0 Å². The van der Waals surface area contributed by atoms with Gasteiger partial charge in [-0.1, -0.05) is 0 Å². The highest BCUT2D eigenvalue weighted by atomic mass is 16.5. The van der Waals surface area contributed by atoms with Gasteiger partial charge in [0.15, 0.2) is 0 Å². The third kappa shape index (κ3) is 4.29. The first-order valence-electron chi connectivity index (χ1n) is 3.44. The molecule has 4 N–H and O–H groups in total. The first-order chi connectivity index (χ1) is 4.68. The highest BCUT2D eigenvalue weighted by molar-refractivity contribution is 5.71. The summed E-state index contributed by atoms with van der Waals surface area (Å²) in [6.45, 7) is 2.61. The molecule has 0 aromatic heterocycles. The van der Waals surface area contributed by atoms with Crippen molar-refractivity contribution < 1.29 is 15.7 Å². The number of hydrogen-bond donors (Lipinski definition) is 2. The van der Waals surface area contributed by atoms with Crippen LogP contribution in [0.5, 0.6) is 0 Å². The summed E-state index contributed by atoms with van der Waals surface area (Å²) < 4.78 is 0. The molecule has 0 aromatic rings. The first-order valence-corrected chi connectivity index (χ1v) is 3.44. The quantitative estimate of drug-likeness (QED) is 0.312. The van der Waals surface area contributed by atoms with Crippen LogP contribution in [0.15, 0.2) is 0 Å². The molecule has 0 aliphatic heterocycles. The second-order valence-electron chi connectivity index (χ2n) is 2.20. The van der Waals surface area contributed by atoms with Gasteiger partial charge in [0.25, 0.3) is 0 Å². The molecule has 0 atom stereocenters. The average molecular weight is 147 g/mol. The Kier molecular flexibility index (Phi) is 4.88.